The third kappa shape index (κ3) is 2.54. The van der Waals surface area contributed by atoms with Crippen molar-refractivity contribution in [2.75, 3.05) is 11.0 Å². The summed E-state index contributed by atoms with van der Waals surface area (Å²) in [5.41, 5.74) is 3.94. The molecule has 2 aromatic carbocycles. The molecule has 0 unspecified atom stereocenters. The topological polar surface area (TPSA) is 62.9 Å². The molecule has 108 valence electrons. The van der Waals surface area contributed by atoms with Gasteiger partial charge in [-0.3, -0.25) is 4.72 Å². The van der Waals surface area contributed by atoms with E-state index in [0.717, 1.165) is 29.4 Å². The van der Waals surface area contributed by atoms with Crippen LogP contribution in [-0.2, 0) is 16.6 Å². The molecule has 1 N–H and O–H groups in total. The van der Waals surface area contributed by atoms with Gasteiger partial charge in [0, 0.05) is 12.1 Å². The van der Waals surface area contributed by atoms with E-state index in [9.17, 15) is 8.42 Å². The second-order valence-electron chi connectivity index (χ2n) is 4.89. The maximum absolute atomic E-state index is 11.5. The quantitative estimate of drug-likeness (QED) is 0.595. The van der Waals surface area contributed by atoms with Crippen LogP contribution in [-0.4, -0.2) is 19.7 Å². The van der Waals surface area contributed by atoms with Crippen molar-refractivity contribution in [1.82, 2.24) is 4.98 Å². The van der Waals surface area contributed by atoms with Gasteiger partial charge in [0.15, 0.2) is 5.52 Å². The van der Waals surface area contributed by atoms with Crippen molar-refractivity contribution in [3.05, 3.63) is 42.5 Å². The van der Waals surface area contributed by atoms with Gasteiger partial charge in [-0.1, -0.05) is 18.2 Å². The number of nitrogens with zero attached hydrogens (tertiary/aromatic N) is 2. The largest absolute Gasteiger partial charge is 0.281 e. The molecule has 21 heavy (non-hydrogen) atoms. The van der Waals surface area contributed by atoms with Crippen LogP contribution in [0.2, 0.25) is 0 Å². The van der Waals surface area contributed by atoms with Crippen molar-refractivity contribution >= 4 is 37.8 Å². The highest BCUT2D eigenvalue weighted by Gasteiger charge is 2.18. The zero-order chi connectivity index (χ0) is 15.0. The number of hydrogen-bond acceptors (Lipinski definition) is 3. The second-order valence-corrected chi connectivity index (χ2v) is 6.64. The van der Waals surface area contributed by atoms with Crippen LogP contribution in [0.25, 0.3) is 22.1 Å². The van der Waals surface area contributed by atoms with E-state index in [1.807, 2.05) is 36.4 Å². The Hall–Kier alpha value is -2.21. The Balaban J connectivity index is 2.41. The van der Waals surface area contributed by atoms with Crippen LogP contribution >= 0.6 is 0 Å². The van der Waals surface area contributed by atoms with E-state index >= 15 is 0 Å². The average molecular weight is 302 g/mol. The summed E-state index contributed by atoms with van der Waals surface area (Å²) in [4.78, 5) is 4.62. The predicted octanol–water partition coefficient (Wildman–Crippen LogP) is 2.07. The first kappa shape index (κ1) is 13.8. The summed E-state index contributed by atoms with van der Waals surface area (Å²) in [7, 11) is -3.34. The minimum Gasteiger partial charge on any atom is -0.281 e. The number of fused-ring (bicyclic) bond motifs is 2. The highest BCUT2D eigenvalue weighted by molar-refractivity contribution is 7.92. The smallest absolute Gasteiger partial charge is 0.233 e. The Labute approximate surface area is 123 Å². The zero-order valence-electron chi connectivity index (χ0n) is 11.9. The van der Waals surface area contributed by atoms with Crippen molar-refractivity contribution in [3.8, 4) is 0 Å². The fourth-order valence-corrected chi connectivity index (χ4v) is 3.09. The van der Waals surface area contributed by atoms with Gasteiger partial charge < -0.3 is 0 Å². The van der Waals surface area contributed by atoms with Crippen LogP contribution in [0.3, 0.4) is 0 Å². The number of nitrogens with one attached hydrogen (secondary N) is 1. The lowest BCUT2D eigenvalue weighted by atomic mass is 10.2. The lowest BCUT2D eigenvalue weighted by molar-refractivity contribution is -0.641. The van der Waals surface area contributed by atoms with Gasteiger partial charge in [-0.2, -0.15) is 4.57 Å². The molecular formula is C15H16N3O2S+. The summed E-state index contributed by atoms with van der Waals surface area (Å²) >= 11 is 0. The van der Waals surface area contributed by atoms with Crippen LogP contribution in [0, 0.1) is 0 Å². The average Bonchev–Trinajstić information content (AvgIpc) is 2.44. The number of aromatic nitrogens is 2. The van der Waals surface area contributed by atoms with E-state index in [1.165, 1.54) is 0 Å². The lowest BCUT2D eigenvalue weighted by Gasteiger charge is -2.08. The molecule has 0 fully saturated rings. The third-order valence-corrected chi connectivity index (χ3v) is 3.91. The van der Waals surface area contributed by atoms with Crippen molar-refractivity contribution in [1.29, 1.82) is 0 Å². The maximum Gasteiger partial charge on any atom is 0.233 e. The number of anilines is 1. The third-order valence-electron chi connectivity index (χ3n) is 3.32. The first-order valence-corrected chi connectivity index (χ1v) is 8.58. The van der Waals surface area contributed by atoms with Crippen molar-refractivity contribution in [2.45, 2.75) is 13.5 Å². The summed E-state index contributed by atoms with van der Waals surface area (Å²) < 4.78 is 27.7. The van der Waals surface area contributed by atoms with Crippen molar-refractivity contribution in [3.63, 3.8) is 0 Å². The molecule has 0 aliphatic carbocycles. The Bertz CT molecular complexity index is 936. The number of rotatable bonds is 3. The summed E-state index contributed by atoms with van der Waals surface area (Å²) in [6.07, 6.45) is 1.14. The molecular weight excluding hydrogens is 286 g/mol. The summed E-state index contributed by atoms with van der Waals surface area (Å²) in [5.74, 6) is 0. The Morgan fingerprint density at radius 2 is 1.81 bits per heavy atom. The highest BCUT2D eigenvalue weighted by atomic mass is 32.2. The lowest BCUT2D eigenvalue weighted by Crippen LogP contribution is -2.34. The molecule has 0 aliphatic rings. The summed E-state index contributed by atoms with van der Waals surface area (Å²) in [5, 5.41) is 0. The number of hydrogen-bond donors (Lipinski definition) is 1. The zero-order valence-corrected chi connectivity index (χ0v) is 12.7. The van der Waals surface area contributed by atoms with E-state index in [4.69, 9.17) is 0 Å². The molecule has 0 amide bonds. The second kappa shape index (κ2) is 4.96. The molecule has 6 heteroatoms. The first-order chi connectivity index (χ1) is 9.99. The molecule has 0 bridgehead atoms. The molecule has 0 saturated heterocycles. The minimum absolute atomic E-state index is 0.503. The SMILES string of the molecule is CC[n+]1c2ccccc2nc2c(NS(C)(=O)=O)cccc21. The van der Waals surface area contributed by atoms with Gasteiger partial charge in [0.1, 0.15) is 12.1 Å². The van der Waals surface area contributed by atoms with E-state index < -0.39 is 10.0 Å². The monoisotopic (exact) mass is 302 g/mol. The molecule has 3 rings (SSSR count). The fourth-order valence-electron chi connectivity index (χ4n) is 2.53. The van der Waals surface area contributed by atoms with E-state index in [-0.39, 0.29) is 0 Å². The van der Waals surface area contributed by atoms with Gasteiger partial charge in [0.05, 0.1) is 11.9 Å². The van der Waals surface area contributed by atoms with Crippen LogP contribution in [0.1, 0.15) is 6.92 Å². The number of para-hydroxylation sites is 3. The molecule has 3 aromatic rings. The number of sulfonamides is 1. The number of benzene rings is 2. The molecule has 5 nitrogen and oxygen atoms in total. The van der Waals surface area contributed by atoms with Crippen LogP contribution < -0.4 is 9.29 Å². The van der Waals surface area contributed by atoms with Gasteiger partial charge >= 0.3 is 0 Å². The molecule has 0 saturated carbocycles. The maximum atomic E-state index is 11.5. The molecule has 1 heterocycles. The first-order valence-electron chi connectivity index (χ1n) is 6.68. The normalized spacial score (nSPS) is 11.9. The fraction of sp³-hybridized carbons (Fsp3) is 0.200. The van der Waals surface area contributed by atoms with Gasteiger partial charge in [-0.25, -0.2) is 13.4 Å². The van der Waals surface area contributed by atoms with Crippen LogP contribution in [0.4, 0.5) is 5.69 Å². The summed E-state index contributed by atoms with van der Waals surface area (Å²) in [6, 6.07) is 13.4. The molecule has 0 spiro atoms. The predicted molar refractivity (Wildman–Crippen MR) is 83.6 cm³/mol. The van der Waals surface area contributed by atoms with Crippen LogP contribution in [0.5, 0.6) is 0 Å². The van der Waals surface area contributed by atoms with Gasteiger partial charge in [-0.15, -0.1) is 0 Å². The van der Waals surface area contributed by atoms with Crippen LogP contribution in [0.15, 0.2) is 42.5 Å². The highest BCUT2D eigenvalue weighted by Crippen LogP contribution is 2.22. The molecule has 1 aromatic heterocycles. The minimum atomic E-state index is -3.34. The molecule has 0 aliphatic heterocycles. The van der Waals surface area contributed by atoms with E-state index in [2.05, 4.69) is 21.2 Å². The molecule has 0 radical (unpaired) electrons. The van der Waals surface area contributed by atoms with E-state index in [1.54, 1.807) is 6.07 Å². The van der Waals surface area contributed by atoms with Crippen molar-refractivity contribution in [2.24, 2.45) is 0 Å². The Morgan fingerprint density at radius 3 is 2.52 bits per heavy atom. The Morgan fingerprint density at radius 1 is 1.10 bits per heavy atom. The number of aryl methyl sites for hydroxylation is 1. The molecule has 0 atom stereocenters. The Kier molecular flexibility index (Phi) is 3.25. The standard InChI is InChI=1S/C15H15N3O2S/c1-3-18-13-9-5-4-7-11(13)16-15-12(17-21(2,19)20)8-6-10-14(15)18/h4-10H,3H2,1-2H3/p+1. The van der Waals surface area contributed by atoms with Gasteiger partial charge in [0.25, 0.3) is 0 Å². The van der Waals surface area contributed by atoms with Gasteiger partial charge in [-0.05, 0) is 19.1 Å². The van der Waals surface area contributed by atoms with E-state index in [0.29, 0.717) is 11.2 Å². The summed E-state index contributed by atoms with van der Waals surface area (Å²) in [6.45, 7) is 2.84. The van der Waals surface area contributed by atoms with Gasteiger partial charge in [0.2, 0.25) is 21.1 Å². The van der Waals surface area contributed by atoms with Crippen molar-refractivity contribution < 1.29 is 13.0 Å².